The summed E-state index contributed by atoms with van der Waals surface area (Å²) in [6, 6.07) is 17.1. The Morgan fingerprint density at radius 1 is 1.08 bits per heavy atom. The molecule has 0 atom stereocenters. The second kappa shape index (κ2) is 6.68. The highest BCUT2D eigenvalue weighted by molar-refractivity contribution is 5.90. The molecule has 0 aliphatic rings. The molecule has 0 amide bonds. The van der Waals surface area contributed by atoms with Gasteiger partial charge in [0.1, 0.15) is 11.5 Å². The molecule has 0 radical (unpaired) electrons. The molecule has 0 saturated heterocycles. The number of esters is 1. The van der Waals surface area contributed by atoms with Crippen LogP contribution >= 0.6 is 0 Å². The third-order valence-electron chi connectivity index (χ3n) is 4.05. The molecule has 2 heterocycles. The number of fused-ring (bicyclic) bond motifs is 1. The Kier molecular flexibility index (Phi) is 4.07. The van der Waals surface area contributed by atoms with Crippen LogP contribution in [0.5, 0.6) is 0 Å². The van der Waals surface area contributed by atoms with Gasteiger partial charge < -0.3 is 10.1 Å². The number of hydrogen-bond donors (Lipinski definition) is 1. The number of nitrogens with one attached hydrogen (secondary N) is 1. The quantitative estimate of drug-likeness (QED) is 0.568. The summed E-state index contributed by atoms with van der Waals surface area (Å²) in [6.07, 6.45) is 5.30. The minimum atomic E-state index is -0.359. The van der Waals surface area contributed by atoms with Crippen LogP contribution in [0, 0.1) is 0 Å². The fourth-order valence-corrected chi connectivity index (χ4v) is 2.77. The van der Waals surface area contributed by atoms with E-state index in [0.717, 1.165) is 28.4 Å². The molecule has 1 N–H and O–H groups in total. The van der Waals surface area contributed by atoms with E-state index in [2.05, 4.69) is 10.3 Å². The number of methoxy groups -OCH3 is 1. The van der Waals surface area contributed by atoms with Crippen LogP contribution in [0.4, 0.5) is 11.5 Å². The lowest BCUT2D eigenvalue weighted by atomic mass is 10.1. The first-order chi connectivity index (χ1) is 12.8. The maximum atomic E-state index is 11.6. The van der Waals surface area contributed by atoms with Gasteiger partial charge in [-0.05, 0) is 24.3 Å². The van der Waals surface area contributed by atoms with Crippen LogP contribution in [0.15, 0.2) is 73.2 Å². The first-order valence-electron chi connectivity index (χ1n) is 8.09. The summed E-state index contributed by atoms with van der Waals surface area (Å²) in [6.45, 7) is 0. The molecule has 6 nitrogen and oxygen atoms in total. The molecule has 2 aromatic heterocycles. The van der Waals surface area contributed by atoms with Crippen molar-refractivity contribution in [2.75, 3.05) is 12.4 Å². The van der Waals surface area contributed by atoms with E-state index in [9.17, 15) is 4.79 Å². The Hall–Kier alpha value is -3.67. The van der Waals surface area contributed by atoms with Gasteiger partial charge in [0, 0.05) is 23.6 Å². The molecular weight excluding hydrogens is 328 g/mol. The van der Waals surface area contributed by atoms with Gasteiger partial charge in [0.05, 0.1) is 18.9 Å². The number of hydrogen-bond acceptors (Lipinski definition) is 5. The summed E-state index contributed by atoms with van der Waals surface area (Å²) < 4.78 is 6.68. The lowest BCUT2D eigenvalue weighted by Gasteiger charge is -2.09. The average Bonchev–Trinajstić information content (AvgIpc) is 3.07. The van der Waals surface area contributed by atoms with Crippen LogP contribution in [0.3, 0.4) is 0 Å². The lowest BCUT2D eigenvalue weighted by molar-refractivity contribution is 0.0601. The summed E-state index contributed by atoms with van der Waals surface area (Å²) in [5.41, 5.74) is 3.93. The van der Waals surface area contributed by atoms with Crippen molar-refractivity contribution in [2.24, 2.45) is 0 Å². The summed E-state index contributed by atoms with van der Waals surface area (Å²) in [4.78, 5) is 20.4. The van der Waals surface area contributed by atoms with Gasteiger partial charge in [-0.3, -0.25) is 9.38 Å². The molecule has 0 unspecified atom stereocenters. The maximum Gasteiger partial charge on any atom is 0.337 e. The number of carbonyl (C=O) groups is 1. The maximum absolute atomic E-state index is 11.6. The fraction of sp³-hybridized carbons (Fsp3) is 0.0500. The van der Waals surface area contributed by atoms with Crippen LogP contribution in [0.2, 0.25) is 0 Å². The Morgan fingerprint density at radius 2 is 1.85 bits per heavy atom. The first-order valence-corrected chi connectivity index (χ1v) is 8.09. The standard InChI is InChI=1S/C20H16N4O2/c1-26-20(25)15-7-9-16(10-8-15)22-19-18(14-5-3-2-4-6-14)23-17-13-21-11-12-24(17)19/h2-13,22H,1H3. The third-order valence-corrected chi connectivity index (χ3v) is 4.05. The van der Waals surface area contributed by atoms with E-state index < -0.39 is 0 Å². The SMILES string of the molecule is COC(=O)c1ccc(Nc2c(-c3ccccc3)nc3cnccn23)cc1. The summed E-state index contributed by atoms with van der Waals surface area (Å²) in [7, 11) is 1.37. The zero-order chi connectivity index (χ0) is 17.9. The number of carbonyl (C=O) groups excluding carboxylic acids is 1. The van der Waals surface area contributed by atoms with Crippen LogP contribution in [0.1, 0.15) is 10.4 Å². The second-order valence-electron chi connectivity index (χ2n) is 5.67. The number of rotatable bonds is 4. The molecule has 0 fully saturated rings. The van der Waals surface area contributed by atoms with E-state index in [-0.39, 0.29) is 5.97 Å². The van der Waals surface area contributed by atoms with Crippen LogP contribution < -0.4 is 5.32 Å². The van der Waals surface area contributed by atoms with E-state index >= 15 is 0 Å². The minimum Gasteiger partial charge on any atom is -0.465 e. The van der Waals surface area contributed by atoms with Crippen LogP contribution in [-0.2, 0) is 4.74 Å². The van der Waals surface area contributed by atoms with Crippen molar-refractivity contribution in [1.29, 1.82) is 0 Å². The largest absolute Gasteiger partial charge is 0.465 e. The van der Waals surface area contributed by atoms with E-state index in [4.69, 9.17) is 9.72 Å². The number of ether oxygens (including phenoxy) is 1. The molecule has 0 aliphatic carbocycles. The normalized spacial score (nSPS) is 10.7. The molecule has 2 aromatic carbocycles. The van der Waals surface area contributed by atoms with Crippen LogP contribution in [0.25, 0.3) is 16.9 Å². The fourth-order valence-electron chi connectivity index (χ4n) is 2.77. The van der Waals surface area contributed by atoms with Gasteiger partial charge in [-0.1, -0.05) is 30.3 Å². The number of aromatic nitrogens is 3. The average molecular weight is 344 g/mol. The van der Waals surface area contributed by atoms with Crippen molar-refractivity contribution >= 4 is 23.1 Å². The van der Waals surface area contributed by atoms with Crippen molar-refractivity contribution in [3.8, 4) is 11.3 Å². The van der Waals surface area contributed by atoms with Gasteiger partial charge in [-0.2, -0.15) is 0 Å². The summed E-state index contributed by atoms with van der Waals surface area (Å²) in [5.74, 6) is 0.474. The van der Waals surface area contributed by atoms with E-state index in [1.807, 2.05) is 53.1 Å². The predicted molar refractivity (Wildman–Crippen MR) is 99.5 cm³/mol. The monoisotopic (exact) mass is 344 g/mol. The zero-order valence-corrected chi connectivity index (χ0v) is 14.1. The summed E-state index contributed by atoms with van der Waals surface area (Å²) >= 11 is 0. The van der Waals surface area contributed by atoms with Gasteiger partial charge >= 0.3 is 5.97 Å². The first kappa shape index (κ1) is 15.8. The molecule has 0 bridgehead atoms. The van der Waals surface area contributed by atoms with Gasteiger partial charge in [-0.15, -0.1) is 0 Å². The van der Waals surface area contributed by atoms with Crippen molar-refractivity contribution in [1.82, 2.24) is 14.4 Å². The van der Waals surface area contributed by atoms with Crippen molar-refractivity contribution in [3.05, 3.63) is 78.8 Å². The number of anilines is 2. The smallest absolute Gasteiger partial charge is 0.337 e. The minimum absolute atomic E-state index is 0.359. The van der Waals surface area contributed by atoms with Crippen molar-refractivity contribution in [3.63, 3.8) is 0 Å². The highest BCUT2D eigenvalue weighted by atomic mass is 16.5. The van der Waals surface area contributed by atoms with Crippen molar-refractivity contribution in [2.45, 2.75) is 0 Å². The molecule has 4 aromatic rings. The van der Waals surface area contributed by atoms with Gasteiger partial charge in [0.25, 0.3) is 0 Å². The van der Waals surface area contributed by atoms with E-state index in [0.29, 0.717) is 5.56 Å². The highest BCUT2D eigenvalue weighted by Gasteiger charge is 2.14. The molecule has 4 rings (SSSR count). The Morgan fingerprint density at radius 3 is 2.58 bits per heavy atom. The molecule has 6 heteroatoms. The Bertz CT molecular complexity index is 1060. The molecule has 0 aliphatic heterocycles. The lowest BCUT2D eigenvalue weighted by Crippen LogP contribution is -2.01. The third kappa shape index (κ3) is 2.88. The number of benzene rings is 2. The topological polar surface area (TPSA) is 68.5 Å². The van der Waals surface area contributed by atoms with Gasteiger partial charge in [-0.25, -0.2) is 9.78 Å². The zero-order valence-electron chi connectivity index (χ0n) is 14.1. The molecule has 0 saturated carbocycles. The Balaban J connectivity index is 1.77. The second-order valence-corrected chi connectivity index (χ2v) is 5.67. The summed E-state index contributed by atoms with van der Waals surface area (Å²) in [5, 5.41) is 3.40. The highest BCUT2D eigenvalue weighted by Crippen LogP contribution is 2.30. The molecule has 0 spiro atoms. The van der Waals surface area contributed by atoms with Gasteiger partial charge in [0.15, 0.2) is 5.65 Å². The molecule has 26 heavy (non-hydrogen) atoms. The van der Waals surface area contributed by atoms with E-state index in [1.54, 1.807) is 24.5 Å². The van der Waals surface area contributed by atoms with E-state index in [1.165, 1.54) is 7.11 Å². The van der Waals surface area contributed by atoms with Gasteiger partial charge in [0.2, 0.25) is 0 Å². The molecular formula is C20H16N4O2. The van der Waals surface area contributed by atoms with Crippen molar-refractivity contribution < 1.29 is 9.53 Å². The predicted octanol–water partition coefficient (Wildman–Crippen LogP) is 3.93. The molecule has 128 valence electrons. The number of nitrogens with zero attached hydrogens (tertiary/aromatic N) is 3. The van der Waals surface area contributed by atoms with Crippen LogP contribution in [-0.4, -0.2) is 27.4 Å². The Labute approximate surface area is 150 Å². The number of imidazole rings is 1.